The van der Waals surface area contributed by atoms with Crippen LogP contribution in [0, 0.1) is 15.9 Å². The van der Waals surface area contributed by atoms with E-state index in [1.165, 1.54) is 24.3 Å². The van der Waals surface area contributed by atoms with Gasteiger partial charge in [-0.3, -0.25) is 14.9 Å². The van der Waals surface area contributed by atoms with Crippen molar-refractivity contribution in [2.24, 2.45) is 0 Å². The second kappa shape index (κ2) is 7.39. The molecule has 0 bridgehead atoms. The molecule has 0 heterocycles. The summed E-state index contributed by atoms with van der Waals surface area (Å²) in [6.07, 6.45) is 0. The molecule has 9 heteroatoms. The van der Waals surface area contributed by atoms with Gasteiger partial charge in [0.25, 0.3) is 5.69 Å². The Balaban J connectivity index is 2.08. The van der Waals surface area contributed by atoms with Crippen LogP contribution < -0.4 is 0 Å². The van der Waals surface area contributed by atoms with Crippen molar-refractivity contribution in [2.75, 3.05) is 0 Å². The second-order valence-corrected chi connectivity index (χ2v) is 7.44. The molecule has 0 aliphatic rings. The number of carbonyl (C=O) groups is 1. The molecule has 1 unspecified atom stereocenters. The van der Waals surface area contributed by atoms with Gasteiger partial charge in [-0.25, -0.2) is 12.8 Å². The van der Waals surface area contributed by atoms with E-state index in [-0.39, 0.29) is 17.2 Å². The summed E-state index contributed by atoms with van der Waals surface area (Å²) in [5.74, 6) is -1.60. The van der Waals surface area contributed by atoms with Crippen molar-refractivity contribution in [3.05, 3.63) is 70.0 Å². The third-order valence-electron chi connectivity index (χ3n) is 3.44. The highest BCUT2D eigenvalue weighted by molar-refractivity contribution is 7.92. The van der Waals surface area contributed by atoms with Gasteiger partial charge < -0.3 is 4.74 Å². The van der Waals surface area contributed by atoms with Gasteiger partial charge in [-0.05, 0) is 36.8 Å². The number of halogens is 1. The first-order chi connectivity index (χ1) is 11.7. The SMILES string of the molecule is CC(C(=O)OCc1cccc([N+](=O)[O-])c1)S(=O)(=O)c1ccc(F)cc1. The number of esters is 1. The Hall–Kier alpha value is -2.81. The highest BCUT2D eigenvalue weighted by Crippen LogP contribution is 2.19. The van der Waals surface area contributed by atoms with Crippen LogP contribution in [0.25, 0.3) is 0 Å². The molecule has 7 nitrogen and oxygen atoms in total. The Morgan fingerprint density at radius 1 is 1.24 bits per heavy atom. The molecule has 2 rings (SSSR count). The lowest BCUT2D eigenvalue weighted by atomic mass is 10.2. The predicted octanol–water partition coefficient (Wildman–Crippen LogP) is 2.64. The van der Waals surface area contributed by atoms with Gasteiger partial charge in [0, 0.05) is 12.1 Å². The smallest absolute Gasteiger partial charge is 0.324 e. The lowest BCUT2D eigenvalue weighted by Crippen LogP contribution is -2.29. The molecule has 25 heavy (non-hydrogen) atoms. The number of carbonyl (C=O) groups excluding carboxylic acids is 1. The minimum atomic E-state index is -4.03. The maximum Gasteiger partial charge on any atom is 0.324 e. The van der Waals surface area contributed by atoms with Crippen LogP contribution in [-0.4, -0.2) is 24.6 Å². The maximum atomic E-state index is 12.9. The summed E-state index contributed by atoms with van der Waals surface area (Å²) in [4.78, 5) is 21.9. The van der Waals surface area contributed by atoms with Gasteiger partial charge in [0.1, 0.15) is 12.4 Å². The first-order valence-corrected chi connectivity index (χ1v) is 8.66. The van der Waals surface area contributed by atoms with Crippen molar-refractivity contribution >= 4 is 21.5 Å². The quantitative estimate of drug-likeness (QED) is 0.336. The minimum absolute atomic E-state index is 0.166. The molecule has 0 fully saturated rings. The molecule has 1 atom stereocenters. The fourth-order valence-corrected chi connectivity index (χ4v) is 3.23. The van der Waals surface area contributed by atoms with Crippen LogP contribution in [0.5, 0.6) is 0 Å². The topological polar surface area (TPSA) is 104 Å². The molecule has 0 saturated carbocycles. The monoisotopic (exact) mass is 367 g/mol. The summed E-state index contributed by atoms with van der Waals surface area (Å²) in [6, 6.07) is 9.55. The van der Waals surface area contributed by atoms with E-state index in [2.05, 4.69) is 0 Å². The van der Waals surface area contributed by atoms with Gasteiger partial charge in [-0.2, -0.15) is 0 Å². The van der Waals surface area contributed by atoms with E-state index in [1.807, 2.05) is 0 Å². The van der Waals surface area contributed by atoms with E-state index in [4.69, 9.17) is 4.74 Å². The zero-order chi connectivity index (χ0) is 18.6. The largest absolute Gasteiger partial charge is 0.460 e. The van der Waals surface area contributed by atoms with Crippen molar-refractivity contribution in [1.29, 1.82) is 0 Å². The van der Waals surface area contributed by atoms with Crippen molar-refractivity contribution in [1.82, 2.24) is 0 Å². The van der Waals surface area contributed by atoms with Crippen LogP contribution >= 0.6 is 0 Å². The number of hydrogen-bond donors (Lipinski definition) is 0. The van der Waals surface area contributed by atoms with Gasteiger partial charge >= 0.3 is 5.97 Å². The highest BCUT2D eigenvalue weighted by Gasteiger charge is 2.31. The Morgan fingerprint density at radius 2 is 1.88 bits per heavy atom. The van der Waals surface area contributed by atoms with Crippen LogP contribution in [0.2, 0.25) is 0 Å². The molecule has 2 aromatic rings. The second-order valence-electron chi connectivity index (χ2n) is 5.18. The Labute approximate surface area is 143 Å². The molecule has 0 amide bonds. The number of nitro groups is 1. The summed E-state index contributed by atoms with van der Waals surface area (Å²) in [5, 5.41) is 9.20. The van der Waals surface area contributed by atoms with Crippen LogP contribution in [0.15, 0.2) is 53.4 Å². The highest BCUT2D eigenvalue weighted by atomic mass is 32.2. The molecular formula is C16H14FNO6S. The molecule has 0 radical (unpaired) electrons. The number of hydrogen-bond acceptors (Lipinski definition) is 6. The Kier molecular flexibility index (Phi) is 5.48. The average molecular weight is 367 g/mol. The summed E-state index contributed by atoms with van der Waals surface area (Å²) in [6.45, 7) is 0.859. The van der Waals surface area contributed by atoms with Crippen molar-refractivity contribution < 1.29 is 27.3 Å². The number of ether oxygens (including phenoxy) is 1. The number of rotatable bonds is 6. The van der Waals surface area contributed by atoms with Crippen molar-refractivity contribution in [3.63, 3.8) is 0 Å². The summed E-state index contributed by atoms with van der Waals surface area (Å²) >= 11 is 0. The molecule has 0 N–H and O–H groups in total. The van der Waals surface area contributed by atoms with E-state index in [9.17, 15) is 27.7 Å². The lowest BCUT2D eigenvalue weighted by molar-refractivity contribution is -0.384. The van der Waals surface area contributed by atoms with E-state index in [0.29, 0.717) is 5.56 Å². The molecule has 2 aromatic carbocycles. The van der Waals surface area contributed by atoms with Crippen LogP contribution in [0.4, 0.5) is 10.1 Å². The first-order valence-electron chi connectivity index (χ1n) is 7.11. The van der Waals surface area contributed by atoms with Crippen molar-refractivity contribution in [3.8, 4) is 0 Å². The van der Waals surface area contributed by atoms with Gasteiger partial charge in [0.05, 0.1) is 9.82 Å². The Bertz CT molecular complexity index is 895. The zero-order valence-electron chi connectivity index (χ0n) is 13.1. The van der Waals surface area contributed by atoms with Gasteiger partial charge in [-0.15, -0.1) is 0 Å². The van der Waals surface area contributed by atoms with Crippen LogP contribution in [-0.2, 0) is 26.0 Å². The number of nitrogens with zero attached hydrogens (tertiary/aromatic N) is 1. The molecule has 0 aliphatic heterocycles. The average Bonchev–Trinajstić information content (AvgIpc) is 2.59. The minimum Gasteiger partial charge on any atom is -0.460 e. The summed E-state index contributed by atoms with van der Waals surface area (Å²) < 4.78 is 42.5. The van der Waals surface area contributed by atoms with Crippen molar-refractivity contribution in [2.45, 2.75) is 23.7 Å². The van der Waals surface area contributed by atoms with Gasteiger partial charge in [0.2, 0.25) is 0 Å². The number of benzene rings is 2. The molecule has 132 valence electrons. The summed E-state index contributed by atoms with van der Waals surface area (Å²) in [5.41, 5.74) is 0.189. The maximum absolute atomic E-state index is 12.9. The number of nitro benzene ring substituents is 1. The molecular weight excluding hydrogens is 353 g/mol. The Morgan fingerprint density at radius 3 is 2.48 bits per heavy atom. The first kappa shape index (κ1) is 18.5. The van der Waals surface area contributed by atoms with Crippen LogP contribution in [0.3, 0.4) is 0 Å². The molecule has 0 aliphatic carbocycles. The third-order valence-corrected chi connectivity index (χ3v) is 5.49. The molecule has 0 aromatic heterocycles. The molecule has 0 spiro atoms. The number of non-ortho nitro benzene ring substituents is 1. The number of sulfone groups is 1. The van der Waals surface area contributed by atoms with E-state index in [1.54, 1.807) is 0 Å². The van der Waals surface area contributed by atoms with Crippen LogP contribution in [0.1, 0.15) is 12.5 Å². The van der Waals surface area contributed by atoms with Gasteiger partial charge in [-0.1, -0.05) is 12.1 Å². The lowest BCUT2D eigenvalue weighted by Gasteiger charge is -2.13. The molecule has 0 saturated heterocycles. The normalized spacial score (nSPS) is 12.4. The zero-order valence-corrected chi connectivity index (χ0v) is 13.9. The fraction of sp³-hybridized carbons (Fsp3) is 0.188. The van der Waals surface area contributed by atoms with E-state index >= 15 is 0 Å². The predicted molar refractivity (Wildman–Crippen MR) is 85.9 cm³/mol. The standard InChI is InChI=1S/C16H14FNO6S/c1-11(25(22,23)15-7-5-13(17)6-8-15)16(19)24-10-12-3-2-4-14(9-12)18(20)21/h2-9,11H,10H2,1H3. The third kappa shape index (κ3) is 4.38. The summed E-state index contributed by atoms with van der Waals surface area (Å²) in [7, 11) is -4.03. The van der Waals surface area contributed by atoms with E-state index in [0.717, 1.165) is 31.2 Å². The fourth-order valence-electron chi connectivity index (χ4n) is 1.99. The van der Waals surface area contributed by atoms with Gasteiger partial charge in [0.15, 0.2) is 15.1 Å². The van der Waals surface area contributed by atoms with E-state index < -0.39 is 31.8 Å².